The molecule has 1 aliphatic carbocycles. The van der Waals surface area contributed by atoms with Gasteiger partial charge in [0, 0.05) is 25.6 Å². The van der Waals surface area contributed by atoms with E-state index in [1.807, 2.05) is 63.2 Å². The first-order chi connectivity index (χ1) is 17.6. The van der Waals surface area contributed by atoms with E-state index in [4.69, 9.17) is 0 Å². The molecular formula is C29H41N3O4S. The van der Waals surface area contributed by atoms with Gasteiger partial charge in [-0.15, -0.1) is 0 Å². The standard InChI is InChI=1S/C29H41N3O4S/c1-5-27(29(34)30-25-11-6-7-12-25)31(21-24-17-15-22(2)16-18-24)28(33)14-9-19-32(37(4,35)36)26-13-8-10-23(3)20-26/h8,10,13,15-18,20,25,27H,5-7,9,11-12,14,19,21H2,1-4H3,(H,30,34)/t27-/m1/s1. The highest BCUT2D eigenvalue weighted by Crippen LogP contribution is 2.22. The van der Waals surface area contributed by atoms with Crippen molar-refractivity contribution >= 4 is 27.5 Å². The highest BCUT2D eigenvalue weighted by molar-refractivity contribution is 7.92. The van der Waals surface area contributed by atoms with E-state index < -0.39 is 16.1 Å². The van der Waals surface area contributed by atoms with Gasteiger partial charge < -0.3 is 10.2 Å². The van der Waals surface area contributed by atoms with Crippen LogP contribution >= 0.6 is 0 Å². The van der Waals surface area contributed by atoms with Crippen LogP contribution in [-0.4, -0.2) is 50.0 Å². The van der Waals surface area contributed by atoms with Gasteiger partial charge in [-0.05, 0) is 62.8 Å². The number of amides is 2. The van der Waals surface area contributed by atoms with Crippen molar-refractivity contribution in [2.24, 2.45) is 0 Å². The van der Waals surface area contributed by atoms with Crippen LogP contribution in [0.5, 0.6) is 0 Å². The summed E-state index contributed by atoms with van der Waals surface area (Å²) in [7, 11) is -3.51. The number of hydrogen-bond acceptors (Lipinski definition) is 4. The Kier molecular flexibility index (Phi) is 10.1. The van der Waals surface area contributed by atoms with Crippen LogP contribution in [0.4, 0.5) is 5.69 Å². The molecular weight excluding hydrogens is 486 g/mol. The monoisotopic (exact) mass is 527 g/mol. The first kappa shape index (κ1) is 28.7. The van der Waals surface area contributed by atoms with Crippen LogP contribution in [0.2, 0.25) is 0 Å². The average Bonchev–Trinajstić information content (AvgIpc) is 3.35. The number of carbonyl (C=O) groups excluding carboxylic acids is 2. The molecule has 2 aromatic carbocycles. The van der Waals surface area contributed by atoms with E-state index >= 15 is 0 Å². The van der Waals surface area contributed by atoms with Gasteiger partial charge in [-0.1, -0.05) is 61.7 Å². The third-order valence-corrected chi connectivity index (χ3v) is 8.20. The summed E-state index contributed by atoms with van der Waals surface area (Å²) in [6.45, 7) is 6.38. The molecule has 0 heterocycles. The maximum absolute atomic E-state index is 13.6. The first-order valence-electron chi connectivity index (χ1n) is 13.3. The van der Waals surface area contributed by atoms with Gasteiger partial charge in [-0.25, -0.2) is 8.42 Å². The van der Waals surface area contributed by atoms with Crippen molar-refractivity contribution in [3.8, 4) is 0 Å². The van der Waals surface area contributed by atoms with Gasteiger partial charge in [-0.3, -0.25) is 13.9 Å². The summed E-state index contributed by atoms with van der Waals surface area (Å²) in [5, 5.41) is 3.16. The van der Waals surface area contributed by atoms with Crippen LogP contribution < -0.4 is 9.62 Å². The van der Waals surface area contributed by atoms with Crippen LogP contribution in [0.15, 0.2) is 48.5 Å². The Morgan fingerprint density at radius 1 is 1.03 bits per heavy atom. The predicted molar refractivity (Wildman–Crippen MR) is 149 cm³/mol. The number of nitrogens with zero attached hydrogens (tertiary/aromatic N) is 2. The van der Waals surface area contributed by atoms with Crippen LogP contribution in [0.25, 0.3) is 0 Å². The third-order valence-electron chi connectivity index (χ3n) is 7.00. The van der Waals surface area contributed by atoms with E-state index in [1.165, 1.54) is 10.6 Å². The van der Waals surface area contributed by atoms with Gasteiger partial charge in [-0.2, -0.15) is 0 Å². The molecule has 37 heavy (non-hydrogen) atoms. The molecule has 0 aliphatic heterocycles. The molecule has 1 aliphatic rings. The molecule has 202 valence electrons. The Bertz CT molecular complexity index is 1160. The quantitative estimate of drug-likeness (QED) is 0.433. The van der Waals surface area contributed by atoms with Crippen molar-refractivity contribution in [3.05, 3.63) is 65.2 Å². The molecule has 0 unspecified atom stereocenters. The fraction of sp³-hybridized carbons (Fsp3) is 0.517. The van der Waals surface area contributed by atoms with E-state index in [0.29, 0.717) is 25.1 Å². The molecule has 2 amide bonds. The fourth-order valence-electron chi connectivity index (χ4n) is 4.96. The molecule has 7 nitrogen and oxygen atoms in total. The summed E-state index contributed by atoms with van der Waals surface area (Å²) in [5.41, 5.74) is 3.65. The summed E-state index contributed by atoms with van der Waals surface area (Å²) in [6, 6.07) is 14.9. The molecule has 0 spiro atoms. The predicted octanol–water partition coefficient (Wildman–Crippen LogP) is 4.72. The summed E-state index contributed by atoms with van der Waals surface area (Å²) in [5.74, 6) is -0.251. The summed E-state index contributed by atoms with van der Waals surface area (Å²) in [4.78, 5) is 28.5. The molecule has 0 radical (unpaired) electrons. The van der Waals surface area contributed by atoms with Crippen LogP contribution in [0.1, 0.15) is 68.6 Å². The minimum atomic E-state index is -3.51. The number of rotatable bonds is 12. The highest BCUT2D eigenvalue weighted by Gasteiger charge is 2.30. The van der Waals surface area contributed by atoms with E-state index in [0.717, 1.165) is 42.4 Å². The van der Waals surface area contributed by atoms with Crippen LogP contribution in [-0.2, 0) is 26.2 Å². The molecule has 1 fully saturated rings. The summed E-state index contributed by atoms with van der Waals surface area (Å²) < 4.78 is 26.4. The molecule has 1 N–H and O–H groups in total. The lowest BCUT2D eigenvalue weighted by Gasteiger charge is -2.32. The number of carbonyl (C=O) groups is 2. The minimum absolute atomic E-state index is 0.104. The molecule has 0 bridgehead atoms. The van der Waals surface area contributed by atoms with E-state index in [9.17, 15) is 18.0 Å². The van der Waals surface area contributed by atoms with Crippen LogP contribution in [0.3, 0.4) is 0 Å². The lowest BCUT2D eigenvalue weighted by Crippen LogP contribution is -2.51. The molecule has 8 heteroatoms. The number of anilines is 1. The average molecular weight is 528 g/mol. The lowest BCUT2D eigenvalue weighted by molar-refractivity contribution is -0.141. The normalized spacial score (nSPS) is 14.8. The number of benzene rings is 2. The Morgan fingerprint density at radius 3 is 2.30 bits per heavy atom. The fourth-order valence-corrected chi connectivity index (χ4v) is 5.92. The molecule has 1 saturated carbocycles. The van der Waals surface area contributed by atoms with Gasteiger partial charge >= 0.3 is 0 Å². The molecule has 3 rings (SSSR count). The maximum atomic E-state index is 13.6. The number of aryl methyl sites for hydroxylation is 2. The lowest BCUT2D eigenvalue weighted by atomic mass is 10.1. The Morgan fingerprint density at radius 2 is 1.70 bits per heavy atom. The Hall–Kier alpha value is -2.87. The topological polar surface area (TPSA) is 86.8 Å². The zero-order valence-electron chi connectivity index (χ0n) is 22.6. The summed E-state index contributed by atoms with van der Waals surface area (Å²) >= 11 is 0. The second-order valence-electron chi connectivity index (χ2n) is 10.2. The van der Waals surface area contributed by atoms with E-state index in [2.05, 4.69) is 5.32 Å². The Balaban J connectivity index is 1.75. The van der Waals surface area contributed by atoms with Crippen molar-refractivity contribution in [2.75, 3.05) is 17.1 Å². The second kappa shape index (κ2) is 13.1. The number of sulfonamides is 1. The SMILES string of the molecule is CC[C@H](C(=O)NC1CCCC1)N(Cc1ccc(C)cc1)C(=O)CCCN(c1cccc(C)c1)S(C)(=O)=O. The maximum Gasteiger partial charge on any atom is 0.243 e. The largest absolute Gasteiger partial charge is 0.352 e. The van der Waals surface area contributed by atoms with Crippen LogP contribution in [0, 0.1) is 13.8 Å². The zero-order chi connectivity index (χ0) is 27.0. The van der Waals surface area contributed by atoms with Gasteiger partial charge in [0.1, 0.15) is 6.04 Å². The van der Waals surface area contributed by atoms with Crippen molar-refractivity contribution in [1.82, 2.24) is 10.2 Å². The molecule has 2 aromatic rings. The molecule has 0 aromatic heterocycles. The Labute approximate surface area is 222 Å². The van der Waals surface area contributed by atoms with Gasteiger partial charge in [0.25, 0.3) is 0 Å². The van der Waals surface area contributed by atoms with Gasteiger partial charge in [0.15, 0.2) is 0 Å². The smallest absolute Gasteiger partial charge is 0.243 e. The first-order valence-corrected chi connectivity index (χ1v) is 15.1. The van der Waals surface area contributed by atoms with E-state index in [1.54, 1.807) is 11.0 Å². The molecule has 1 atom stereocenters. The second-order valence-corrected chi connectivity index (χ2v) is 12.1. The zero-order valence-corrected chi connectivity index (χ0v) is 23.4. The van der Waals surface area contributed by atoms with Gasteiger partial charge in [0.05, 0.1) is 11.9 Å². The minimum Gasteiger partial charge on any atom is -0.352 e. The highest BCUT2D eigenvalue weighted by atomic mass is 32.2. The van der Waals surface area contributed by atoms with Crippen molar-refractivity contribution in [3.63, 3.8) is 0 Å². The van der Waals surface area contributed by atoms with Crippen molar-refractivity contribution in [2.45, 2.75) is 84.3 Å². The molecule has 0 saturated heterocycles. The number of nitrogens with one attached hydrogen (secondary N) is 1. The number of hydrogen-bond donors (Lipinski definition) is 1. The van der Waals surface area contributed by atoms with Gasteiger partial charge in [0.2, 0.25) is 21.8 Å². The van der Waals surface area contributed by atoms with E-state index in [-0.39, 0.29) is 30.8 Å². The third kappa shape index (κ3) is 8.32. The summed E-state index contributed by atoms with van der Waals surface area (Å²) in [6.07, 6.45) is 6.39. The van der Waals surface area contributed by atoms with Crippen molar-refractivity contribution in [1.29, 1.82) is 0 Å². The van der Waals surface area contributed by atoms with Crippen molar-refractivity contribution < 1.29 is 18.0 Å².